The second-order valence-electron chi connectivity index (χ2n) is 4.12. The molecule has 0 aliphatic carbocycles. The molecular weight excluding hydrogens is 299 g/mol. The van der Waals surface area contributed by atoms with Crippen LogP contribution < -0.4 is 5.32 Å². The molecule has 0 unspecified atom stereocenters. The molecule has 1 rings (SSSR count). The van der Waals surface area contributed by atoms with Crippen molar-refractivity contribution in [3.63, 3.8) is 0 Å². The Morgan fingerprint density at radius 1 is 1.18 bits per heavy atom. The first kappa shape index (κ1) is 17.5. The van der Waals surface area contributed by atoms with Crippen LogP contribution in [0.25, 0.3) is 0 Å². The summed E-state index contributed by atoms with van der Waals surface area (Å²) in [7, 11) is 0. The Morgan fingerprint density at radius 2 is 1.82 bits per heavy atom. The Kier molecular flexibility index (Phi) is 6.37. The largest absolute Gasteiger partial charge is 0.452 e. The quantitative estimate of drug-likeness (QED) is 0.515. The van der Waals surface area contributed by atoms with E-state index in [1.54, 1.807) is 19.1 Å². The van der Waals surface area contributed by atoms with Crippen molar-refractivity contribution >= 4 is 17.6 Å². The number of ether oxygens (including phenoxy) is 1. The van der Waals surface area contributed by atoms with Gasteiger partial charge in [-0.1, -0.05) is 18.2 Å². The van der Waals surface area contributed by atoms with Gasteiger partial charge in [0, 0.05) is 11.8 Å². The van der Waals surface area contributed by atoms with Gasteiger partial charge in [-0.05, 0) is 31.2 Å². The summed E-state index contributed by atoms with van der Waals surface area (Å²) in [4.78, 5) is 22.7. The number of carbonyl (C=O) groups is 2. The lowest BCUT2D eigenvalue weighted by Crippen LogP contribution is -2.20. The molecule has 0 saturated heterocycles. The van der Waals surface area contributed by atoms with Crippen molar-refractivity contribution in [2.24, 2.45) is 0 Å². The minimum absolute atomic E-state index is 0.179. The van der Waals surface area contributed by atoms with E-state index in [9.17, 15) is 22.8 Å². The molecule has 4 nitrogen and oxygen atoms in total. The highest BCUT2D eigenvalue weighted by molar-refractivity contribution is 5.93. The first-order chi connectivity index (χ1) is 10.3. The molecule has 0 aliphatic rings. The number of alkyl halides is 3. The van der Waals surface area contributed by atoms with Crippen LogP contribution in [0.5, 0.6) is 0 Å². The minimum Gasteiger partial charge on any atom is -0.452 e. The van der Waals surface area contributed by atoms with Crippen molar-refractivity contribution in [3.8, 4) is 0 Å². The molecule has 1 amide bonds. The molecule has 118 valence electrons. The fraction of sp³-hybridized carbons (Fsp3) is 0.200. The van der Waals surface area contributed by atoms with Crippen molar-refractivity contribution in [1.82, 2.24) is 0 Å². The molecule has 0 spiro atoms. The van der Waals surface area contributed by atoms with Gasteiger partial charge in [0.2, 0.25) is 0 Å². The highest BCUT2D eigenvalue weighted by Gasteiger charge is 2.29. The van der Waals surface area contributed by atoms with Gasteiger partial charge >= 0.3 is 12.1 Å². The van der Waals surface area contributed by atoms with Crippen molar-refractivity contribution < 1.29 is 27.5 Å². The highest BCUT2D eigenvalue weighted by Crippen LogP contribution is 2.29. The number of hydrogen-bond acceptors (Lipinski definition) is 3. The van der Waals surface area contributed by atoms with Gasteiger partial charge in [-0.15, -0.1) is 0 Å². The summed E-state index contributed by atoms with van der Waals surface area (Å²) < 4.78 is 41.7. The lowest BCUT2D eigenvalue weighted by Gasteiger charge is -2.08. The zero-order chi connectivity index (χ0) is 16.6. The second-order valence-corrected chi connectivity index (χ2v) is 4.12. The number of amides is 1. The molecule has 1 aromatic rings. The molecule has 0 aromatic heterocycles. The van der Waals surface area contributed by atoms with Crippen molar-refractivity contribution in [3.05, 3.63) is 54.1 Å². The summed E-state index contributed by atoms with van der Waals surface area (Å²) >= 11 is 0. The normalized spacial score (nSPS) is 11.8. The lowest BCUT2D eigenvalue weighted by molar-refractivity contribution is -0.142. The summed E-state index contributed by atoms with van der Waals surface area (Å²) in [5.74, 6) is -1.34. The highest BCUT2D eigenvalue weighted by atomic mass is 19.4. The van der Waals surface area contributed by atoms with Crippen LogP contribution in [0.1, 0.15) is 12.5 Å². The molecule has 0 atom stereocenters. The zero-order valence-corrected chi connectivity index (χ0v) is 11.7. The third-order valence-corrected chi connectivity index (χ3v) is 2.38. The average Bonchev–Trinajstić information content (AvgIpc) is 2.45. The lowest BCUT2D eigenvalue weighted by atomic mass is 10.2. The number of halogens is 3. The third kappa shape index (κ3) is 6.25. The van der Waals surface area contributed by atoms with Crippen molar-refractivity contribution in [1.29, 1.82) is 0 Å². The Labute approximate surface area is 125 Å². The maximum absolute atomic E-state index is 12.4. The van der Waals surface area contributed by atoms with E-state index < -0.39 is 30.2 Å². The smallest absolute Gasteiger partial charge is 0.416 e. The van der Waals surface area contributed by atoms with E-state index in [0.717, 1.165) is 30.3 Å². The molecule has 0 fully saturated rings. The molecule has 22 heavy (non-hydrogen) atoms. The predicted molar refractivity (Wildman–Crippen MR) is 75.0 cm³/mol. The summed E-state index contributed by atoms with van der Waals surface area (Å²) in [5, 5.41) is 2.32. The van der Waals surface area contributed by atoms with Gasteiger partial charge in [0.25, 0.3) is 5.91 Å². The predicted octanol–water partition coefficient (Wildman–Crippen LogP) is 3.32. The van der Waals surface area contributed by atoms with Gasteiger partial charge < -0.3 is 10.1 Å². The van der Waals surface area contributed by atoms with Gasteiger partial charge in [-0.3, -0.25) is 4.79 Å². The zero-order valence-electron chi connectivity index (χ0n) is 11.7. The summed E-state index contributed by atoms with van der Waals surface area (Å²) in [6.45, 7) is 1.24. The summed E-state index contributed by atoms with van der Waals surface area (Å²) in [6, 6.07) is 3.94. The van der Waals surface area contributed by atoms with E-state index in [4.69, 9.17) is 0 Å². The number of anilines is 1. The average molecular weight is 313 g/mol. The van der Waals surface area contributed by atoms with E-state index in [0.29, 0.717) is 0 Å². The number of rotatable bonds is 5. The SMILES string of the molecule is C/C=C/C=C/C(=O)OCC(=O)Nc1ccc(C(F)(F)F)cc1. The molecular formula is C15H14F3NO3. The molecule has 0 radical (unpaired) electrons. The van der Waals surface area contributed by atoms with E-state index in [-0.39, 0.29) is 5.69 Å². The Hall–Kier alpha value is -2.57. The number of allylic oxidation sites excluding steroid dienone is 3. The van der Waals surface area contributed by atoms with Crippen LogP contribution in [0.2, 0.25) is 0 Å². The van der Waals surface area contributed by atoms with Gasteiger partial charge in [0.15, 0.2) is 6.61 Å². The van der Waals surface area contributed by atoms with E-state index in [2.05, 4.69) is 10.1 Å². The van der Waals surface area contributed by atoms with E-state index in [1.807, 2.05) is 0 Å². The molecule has 0 bridgehead atoms. The standard InChI is InChI=1S/C15H14F3NO3/c1-2-3-4-5-14(21)22-10-13(20)19-12-8-6-11(7-9-12)15(16,17)18/h2-9H,10H2,1H3,(H,19,20)/b3-2+,5-4+. The topological polar surface area (TPSA) is 55.4 Å². The molecule has 7 heteroatoms. The maximum Gasteiger partial charge on any atom is 0.416 e. The Balaban J connectivity index is 2.47. The fourth-order valence-electron chi connectivity index (χ4n) is 1.37. The van der Waals surface area contributed by atoms with Gasteiger partial charge in [-0.2, -0.15) is 13.2 Å². The second kappa shape index (κ2) is 8.02. The van der Waals surface area contributed by atoms with Crippen molar-refractivity contribution in [2.45, 2.75) is 13.1 Å². The maximum atomic E-state index is 12.4. The van der Waals surface area contributed by atoms with Crippen LogP contribution >= 0.6 is 0 Å². The van der Waals surface area contributed by atoms with E-state index >= 15 is 0 Å². The molecule has 0 saturated carbocycles. The fourth-order valence-corrected chi connectivity index (χ4v) is 1.37. The first-order valence-electron chi connectivity index (χ1n) is 6.26. The van der Waals surface area contributed by atoms with Crippen LogP contribution in [0.3, 0.4) is 0 Å². The molecule has 0 heterocycles. The monoisotopic (exact) mass is 313 g/mol. The Bertz CT molecular complexity index is 575. The molecule has 1 aromatic carbocycles. The number of carbonyl (C=O) groups excluding carboxylic acids is 2. The van der Waals surface area contributed by atoms with Crippen LogP contribution in [0.4, 0.5) is 18.9 Å². The van der Waals surface area contributed by atoms with Gasteiger partial charge in [0.05, 0.1) is 5.56 Å². The number of benzene rings is 1. The minimum atomic E-state index is -4.43. The number of hydrogen-bond donors (Lipinski definition) is 1. The number of nitrogens with one attached hydrogen (secondary N) is 1. The number of esters is 1. The summed E-state index contributed by atoms with van der Waals surface area (Å²) in [5.41, 5.74) is -0.635. The third-order valence-electron chi connectivity index (χ3n) is 2.38. The van der Waals surface area contributed by atoms with Crippen LogP contribution in [-0.4, -0.2) is 18.5 Å². The van der Waals surface area contributed by atoms with Crippen LogP contribution in [-0.2, 0) is 20.5 Å². The van der Waals surface area contributed by atoms with E-state index in [1.165, 1.54) is 6.08 Å². The molecule has 0 aliphatic heterocycles. The first-order valence-corrected chi connectivity index (χ1v) is 6.26. The van der Waals surface area contributed by atoms with Gasteiger partial charge in [0.1, 0.15) is 0 Å². The summed E-state index contributed by atoms with van der Waals surface area (Å²) in [6.07, 6.45) is 1.49. The van der Waals surface area contributed by atoms with Crippen LogP contribution in [0.15, 0.2) is 48.6 Å². The Morgan fingerprint density at radius 3 is 2.36 bits per heavy atom. The van der Waals surface area contributed by atoms with Crippen LogP contribution in [0, 0.1) is 0 Å². The van der Waals surface area contributed by atoms with Crippen molar-refractivity contribution in [2.75, 3.05) is 11.9 Å². The molecule has 1 N–H and O–H groups in total. The van der Waals surface area contributed by atoms with Gasteiger partial charge in [-0.25, -0.2) is 4.79 Å².